The van der Waals surface area contributed by atoms with Crippen molar-refractivity contribution in [3.63, 3.8) is 0 Å². The van der Waals surface area contributed by atoms with Gasteiger partial charge in [-0.15, -0.1) is 11.8 Å². The minimum absolute atomic E-state index is 0.0377. The second kappa shape index (κ2) is 9.13. The highest BCUT2D eigenvalue weighted by molar-refractivity contribution is 7.99. The molecule has 2 aromatic rings. The molecule has 0 saturated carbocycles. The molecule has 3 rings (SSSR count). The molecule has 0 N–H and O–H groups in total. The van der Waals surface area contributed by atoms with Crippen molar-refractivity contribution in [1.29, 1.82) is 0 Å². The number of hydrazone groups is 1. The summed E-state index contributed by atoms with van der Waals surface area (Å²) < 4.78 is 43.0. The molecule has 1 aliphatic rings. The van der Waals surface area contributed by atoms with Gasteiger partial charge in [0.15, 0.2) is 5.84 Å². The molecular weight excluding hydrogens is 427 g/mol. The second-order valence-electron chi connectivity index (χ2n) is 6.85. The lowest BCUT2D eigenvalue weighted by Crippen LogP contribution is -2.26. The largest absolute Gasteiger partial charge is 0.418 e. The van der Waals surface area contributed by atoms with Crippen LogP contribution in [0.2, 0.25) is 0 Å². The van der Waals surface area contributed by atoms with Gasteiger partial charge in [-0.05, 0) is 24.3 Å². The van der Waals surface area contributed by atoms with Crippen LogP contribution in [-0.2, 0) is 13.5 Å². The number of allylic oxidation sites excluding steroid dienone is 2. The number of thioether (sulfide) groups is 1. The summed E-state index contributed by atoms with van der Waals surface area (Å²) in [6, 6.07) is 1.94. The van der Waals surface area contributed by atoms with Gasteiger partial charge in [-0.3, -0.25) is 0 Å². The minimum Gasteiger partial charge on any atom is -0.306 e. The predicted octanol–water partition coefficient (Wildman–Crippen LogP) is 4.35. The van der Waals surface area contributed by atoms with Crippen molar-refractivity contribution in [2.24, 2.45) is 17.1 Å². The Morgan fingerprint density at radius 1 is 1.19 bits per heavy atom. The van der Waals surface area contributed by atoms with E-state index in [-0.39, 0.29) is 5.70 Å². The first kappa shape index (κ1) is 22.9. The number of aromatic nitrogens is 4. The summed E-state index contributed by atoms with van der Waals surface area (Å²) in [7, 11) is 3.40. The molecular formula is C20H24F3N7S. The van der Waals surface area contributed by atoms with E-state index in [9.17, 15) is 13.2 Å². The van der Waals surface area contributed by atoms with E-state index >= 15 is 0 Å². The Hall–Kier alpha value is -2.82. The Balaban J connectivity index is 2.10. The molecule has 0 saturated heterocycles. The molecule has 11 heteroatoms. The highest BCUT2D eigenvalue weighted by atomic mass is 32.2. The maximum absolute atomic E-state index is 13.1. The van der Waals surface area contributed by atoms with Crippen LogP contribution in [0.4, 0.5) is 13.2 Å². The van der Waals surface area contributed by atoms with Crippen molar-refractivity contribution in [3.8, 4) is 5.95 Å². The van der Waals surface area contributed by atoms with Crippen LogP contribution in [0.5, 0.6) is 0 Å². The van der Waals surface area contributed by atoms with Gasteiger partial charge in [0.25, 0.3) is 0 Å². The molecule has 1 aliphatic heterocycles. The zero-order valence-corrected chi connectivity index (χ0v) is 18.6. The average molecular weight is 452 g/mol. The van der Waals surface area contributed by atoms with E-state index in [2.05, 4.69) is 28.7 Å². The van der Waals surface area contributed by atoms with E-state index in [4.69, 9.17) is 4.98 Å². The van der Waals surface area contributed by atoms with Crippen molar-refractivity contribution in [1.82, 2.24) is 24.3 Å². The smallest absolute Gasteiger partial charge is 0.306 e. The molecule has 7 nitrogen and oxygen atoms in total. The highest BCUT2D eigenvalue weighted by Crippen LogP contribution is 2.29. The maximum Gasteiger partial charge on any atom is 0.418 e. The van der Waals surface area contributed by atoms with Crippen LogP contribution in [0.1, 0.15) is 31.7 Å². The Bertz CT molecular complexity index is 1060. The number of hydrogen-bond donors (Lipinski definition) is 0. The standard InChI is InChI=1S/C20H24F3N7S/c1-6-8-15-9-10-30(27-15)19-26-16(18(28(19)4)31-7-2)17-25-13(3)11-14(20(21,22)23)12-24-29(17)5/h9-12H,3,6-8H2,1-2,4-5H3/b14-11+,24-12-,25-17-. The van der Waals surface area contributed by atoms with Gasteiger partial charge in [0, 0.05) is 20.3 Å². The van der Waals surface area contributed by atoms with Crippen LogP contribution in [0.15, 0.2) is 51.3 Å². The number of halogens is 3. The van der Waals surface area contributed by atoms with Crippen LogP contribution in [0.3, 0.4) is 0 Å². The molecule has 31 heavy (non-hydrogen) atoms. The molecule has 166 valence electrons. The molecule has 0 aliphatic carbocycles. The fourth-order valence-electron chi connectivity index (χ4n) is 3.01. The van der Waals surface area contributed by atoms with Gasteiger partial charge in [0.2, 0.25) is 5.95 Å². The van der Waals surface area contributed by atoms with Crippen LogP contribution in [-0.4, -0.2) is 55.4 Å². The third-order valence-corrected chi connectivity index (χ3v) is 5.47. The second-order valence-corrected chi connectivity index (χ2v) is 8.10. The number of amidine groups is 1. The fourth-order valence-corrected chi connectivity index (χ4v) is 3.83. The SMILES string of the molecule is C=C1/C=C(C(F)(F)F)\C=N/N(C)/C(c2nc(-n3ccc(CCC)n3)n(C)c2SCC)=N\1. The molecule has 0 atom stereocenters. The number of nitrogens with zero attached hydrogens (tertiary/aromatic N) is 7. The van der Waals surface area contributed by atoms with Gasteiger partial charge in [-0.25, -0.2) is 19.7 Å². The van der Waals surface area contributed by atoms with Crippen LogP contribution in [0, 0.1) is 0 Å². The Morgan fingerprint density at radius 3 is 2.58 bits per heavy atom. The quantitative estimate of drug-likeness (QED) is 0.613. The predicted molar refractivity (Wildman–Crippen MR) is 117 cm³/mol. The van der Waals surface area contributed by atoms with Crippen molar-refractivity contribution in [3.05, 3.63) is 47.6 Å². The van der Waals surface area contributed by atoms with Crippen molar-refractivity contribution >= 4 is 23.8 Å². The van der Waals surface area contributed by atoms with Crippen LogP contribution in [0.25, 0.3) is 5.95 Å². The minimum atomic E-state index is -4.54. The number of aliphatic imine (C=N–C) groups is 1. The van der Waals surface area contributed by atoms with E-state index in [1.165, 1.54) is 12.1 Å². The van der Waals surface area contributed by atoms with E-state index in [0.29, 0.717) is 17.5 Å². The lowest BCUT2D eigenvalue weighted by molar-refractivity contribution is -0.0857. The monoisotopic (exact) mass is 451 g/mol. The summed E-state index contributed by atoms with van der Waals surface area (Å²) in [6.07, 6.45) is 0.778. The molecule has 0 amide bonds. The summed E-state index contributed by atoms with van der Waals surface area (Å²) in [4.78, 5) is 9.05. The molecule has 0 bridgehead atoms. The summed E-state index contributed by atoms with van der Waals surface area (Å²) in [5.74, 6) is 1.65. The van der Waals surface area contributed by atoms with Gasteiger partial charge in [0.1, 0.15) is 10.7 Å². The number of imidazole rings is 1. The van der Waals surface area contributed by atoms with Gasteiger partial charge in [-0.2, -0.15) is 23.4 Å². The first-order valence-electron chi connectivity index (χ1n) is 9.74. The van der Waals surface area contributed by atoms with Crippen molar-refractivity contribution < 1.29 is 13.2 Å². The van der Waals surface area contributed by atoms with Gasteiger partial charge in [0.05, 0.1) is 23.2 Å². The van der Waals surface area contributed by atoms with Gasteiger partial charge >= 0.3 is 6.18 Å². The van der Waals surface area contributed by atoms with E-state index < -0.39 is 11.7 Å². The van der Waals surface area contributed by atoms with Crippen LogP contribution < -0.4 is 0 Å². The molecule has 3 heterocycles. The molecule has 0 unspecified atom stereocenters. The highest BCUT2D eigenvalue weighted by Gasteiger charge is 2.34. The third kappa shape index (κ3) is 4.92. The topological polar surface area (TPSA) is 63.6 Å². The number of hydrogen-bond acceptors (Lipinski definition) is 6. The third-order valence-electron chi connectivity index (χ3n) is 4.44. The zero-order valence-electron chi connectivity index (χ0n) is 17.8. The van der Waals surface area contributed by atoms with E-state index in [0.717, 1.165) is 41.6 Å². The summed E-state index contributed by atoms with van der Waals surface area (Å²) in [6.45, 7) is 7.76. The summed E-state index contributed by atoms with van der Waals surface area (Å²) in [5.41, 5.74) is 0.503. The fraction of sp³-hybridized carbons (Fsp3) is 0.400. The molecule has 0 fully saturated rings. The summed E-state index contributed by atoms with van der Waals surface area (Å²) >= 11 is 1.55. The Labute approximate surface area is 183 Å². The molecule has 0 aromatic carbocycles. The first-order chi connectivity index (χ1) is 14.7. The lowest BCUT2D eigenvalue weighted by atomic mass is 10.2. The zero-order chi connectivity index (χ0) is 22.8. The summed E-state index contributed by atoms with van der Waals surface area (Å²) in [5, 5.41) is 10.6. The normalized spacial score (nSPS) is 19.5. The maximum atomic E-state index is 13.1. The van der Waals surface area contributed by atoms with E-state index in [1.54, 1.807) is 16.4 Å². The van der Waals surface area contributed by atoms with Crippen molar-refractivity contribution in [2.75, 3.05) is 12.8 Å². The first-order valence-corrected chi connectivity index (χ1v) is 10.7. The Kier molecular flexibility index (Phi) is 6.73. The molecule has 2 aromatic heterocycles. The van der Waals surface area contributed by atoms with Gasteiger partial charge < -0.3 is 4.57 Å². The lowest BCUT2D eigenvalue weighted by Gasteiger charge is -2.18. The number of alkyl halides is 3. The number of aryl methyl sites for hydroxylation is 1. The molecule has 0 radical (unpaired) electrons. The average Bonchev–Trinajstić information content (AvgIpc) is 3.27. The number of rotatable bonds is 6. The van der Waals surface area contributed by atoms with Crippen LogP contribution >= 0.6 is 11.8 Å². The van der Waals surface area contributed by atoms with Gasteiger partial charge in [-0.1, -0.05) is 26.8 Å². The van der Waals surface area contributed by atoms with Crippen molar-refractivity contribution in [2.45, 2.75) is 37.9 Å². The Morgan fingerprint density at radius 2 is 1.94 bits per heavy atom. The molecule has 0 spiro atoms. The van der Waals surface area contributed by atoms with E-state index in [1.807, 2.05) is 30.8 Å².